The molecule has 0 N–H and O–H groups in total. The van der Waals surface area contributed by atoms with Gasteiger partial charge in [-0.1, -0.05) is 13.8 Å². The number of halogens is 15. The van der Waals surface area contributed by atoms with Gasteiger partial charge in [-0.2, -0.15) is 65.9 Å². The van der Waals surface area contributed by atoms with Gasteiger partial charge < -0.3 is 9.64 Å². The Morgan fingerprint density at radius 3 is 1.31 bits per heavy atom. The number of rotatable bonds is 11. The quantitative estimate of drug-likeness (QED) is 0.280. The molecule has 0 aliphatic rings. The van der Waals surface area contributed by atoms with Gasteiger partial charge in [0.2, 0.25) is 0 Å². The van der Waals surface area contributed by atoms with Gasteiger partial charge >= 0.3 is 47.7 Å². The summed E-state index contributed by atoms with van der Waals surface area (Å²) in [5, 5.41) is 0. The van der Waals surface area contributed by atoms with Crippen molar-refractivity contribution >= 4 is 5.97 Å². The number of ether oxygens (including phenoxy) is 1. The van der Waals surface area contributed by atoms with E-state index in [0.717, 1.165) is 0 Å². The average molecular weight is 513 g/mol. The smallest absolute Gasteiger partial charge is 0.460 e. The molecule has 18 heteroatoms. The molecular weight excluding hydrogens is 499 g/mol. The monoisotopic (exact) mass is 513 g/mol. The van der Waals surface area contributed by atoms with Gasteiger partial charge in [-0.15, -0.1) is 0 Å². The van der Waals surface area contributed by atoms with Crippen LogP contribution in [0.15, 0.2) is 0 Å². The highest BCUT2D eigenvalue weighted by Crippen LogP contribution is 2.62. The summed E-state index contributed by atoms with van der Waals surface area (Å²) in [6, 6.07) is 0. The van der Waals surface area contributed by atoms with Crippen molar-refractivity contribution in [3.05, 3.63) is 0 Å². The second-order valence-corrected chi connectivity index (χ2v) is 6.11. The van der Waals surface area contributed by atoms with Gasteiger partial charge in [0.15, 0.2) is 0 Å². The molecule has 192 valence electrons. The number of alkyl halides is 15. The van der Waals surface area contributed by atoms with Gasteiger partial charge in [0, 0.05) is 6.54 Å². The lowest BCUT2D eigenvalue weighted by Crippen LogP contribution is -2.73. The molecule has 0 saturated heterocycles. The molecule has 0 rings (SSSR count). The molecule has 0 heterocycles. The van der Waals surface area contributed by atoms with Crippen molar-refractivity contribution in [1.82, 2.24) is 4.90 Å². The molecular formula is C14H14F15NO2. The Morgan fingerprint density at radius 1 is 0.625 bits per heavy atom. The molecule has 0 aliphatic heterocycles. The number of esters is 1. The van der Waals surface area contributed by atoms with E-state index in [1.807, 2.05) is 0 Å². The molecule has 0 atom stereocenters. The van der Waals surface area contributed by atoms with E-state index in [1.54, 1.807) is 0 Å². The third-order valence-corrected chi connectivity index (χ3v) is 4.12. The molecule has 0 amide bonds. The van der Waals surface area contributed by atoms with E-state index in [0.29, 0.717) is 0 Å². The van der Waals surface area contributed by atoms with Crippen LogP contribution in [0.4, 0.5) is 65.9 Å². The van der Waals surface area contributed by atoms with Crippen LogP contribution in [-0.4, -0.2) is 78.8 Å². The topological polar surface area (TPSA) is 29.5 Å². The largest absolute Gasteiger partial charge is 0.460 e. The number of carbonyl (C=O) groups excluding carboxylic acids is 1. The molecule has 0 unspecified atom stereocenters. The van der Waals surface area contributed by atoms with Crippen LogP contribution in [0.5, 0.6) is 0 Å². The van der Waals surface area contributed by atoms with E-state index in [9.17, 15) is 70.7 Å². The molecule has 0 bridgehead atoms. The van der Waals surface area contributed by atoms with Crippen molar-refractivity contribution in [1.29, 1.82) is 0 Å². The number of nitrogens with zero attached hydrogens (tertiary/aromatic N) is 1. The van der Waals surface area contributed by atoms with Crippen molar-refractivity contribution < 1.29 is 75.4 Å². The van der Waals surface area contributed by atoms with E-state index in [2.05, 4.69) is 4.74 Å². The zero-order chi connectivity index (χ0) is 26.2. The molecule has 0 spiro atoms. The first-order valence-electron chi connectivity index (χ1n) is 8.14. The molecule has 0 fully saturated rings. The summed E-state index contributed by atoms with van der Waals surface area (Å²) in [6.45, 7) is 1.63. The summed E-state index contributed by atoms with van der Waals surface area (Å²) >= 11 is 0. The highest BCUT2D eigenvalue weighted by Gasteiger charge is 2.94. The molecule has 0 aromatic carbocycles. The zero-order valence-electron chi connectivity index (χ0n) is 15.8. The number of likely N-dealkylation sites (N-methyl/N-ethyl adjacent to an activating group) is 1. The van der Waals surface area contributed by atoms with Crippen LogP contribution in [0.1, 0.15) is 13.8 Å². The second-order valence-electron chi connectivity index (χ2n) is 6.11. The molecule has 0 aromatic rings. The predicted molar refractivity (Wildman–Crippen MR) is 74.5 cm³/mol. The van der Waals surface area contributed by atoms with Crippen molar-refractivity contribution in [2.45, 2.75) is 55.6 Å². The zero-order valence-corrected chi connectivity index (χ0v) is 15.8. The summed E-state index contributed by atoms with van der Waals surface area (Å²) in [5.74, 6) is -51.8. The molecule has 0 saturated carbocycles. The predicted octanol–water partition coefficient (Wildman–Crippen LogP) is 5.25. The summed E-state index contributed by atoms with van der Waals surface area (Å²) in [6.07, 6.45) is -7.68. The third kappa shape index (κ3) is 4.55. The maximum atomic E-state index is 13.5. The minimum Gasteiger partial charge on any atom is -0.460 e. The average Bonchev–Trinajstić information content (AvgIpc) is 2.63. The van der Waals surface area contributed by atoms with Gasteiger partial charge in [-0.05, 0) is 13.1 Å². The van der Waals surface area contributed by atoms with Crippen LogP contribution in [0, 0.1) is 0 Å². The summed E-state index contributed by atoms with van der Waals surface area (Å²) in [5.41, 5.74) is 0. The van der Waals surface area contributed by atoms with E-state index in [-0.39, 0.29) is 13.1 Å². The van der Waals surface area contributed by atoms with Crippen LogP contribution >= 0.6 is 0 Å². The van der Waals surface area contributed by atoms with Crippen molar-refractivity contribution in [3.8, 4) is 0 Å². The minimum absolute atomic E-state index is 0.174. The van der Waals surface area contributed by atoms with E-state index in [4.69, 9.17) is 0 Å². The van der Waals surface area contributed by atoms with E-state index < -0.39 is 60.8 Å². The first-order chi connectivity index (χ1) is 13.9. The van der Waals surface area contributed by atoms with Crippen molar-refractivity contribution in [2.24, 2.45) is 0 Å². The van der Waals surface area contributed by atoms with Crippen molar-refractivity contribution in [2.75, 3.05) is 26.2 Å². The van der Waals surface area contributed by atoms with Crippen LogP contribution in [-0.2, 0) is 9.53 Å². The van der Waals surface area contributed by atoms with Crippen molar-refractivity contribution in [3.63, 3.8) is 0 Å². The van der Waals surface area contributed by atoms with E-state index >= 15 is 0 Å². The molecule has 0 aliphatic carbocycles. The molecule has 3 nitrogen and oxygen atoms in total. The van der Waals surface area contributed by atoms with Crippen LogP contribution in [0.2, 0.25) is 0 Å². The van der Waals surface area contributed by atoms with Gasteiger partial charge in [0.25, 0.3) is 0 Å². The Labute approximate surface area is 169 Å². The third-order valence-electron chi connectivity index (χ3n) is 4.12. The lowest BCUT2D eigenvalue weighted by molar-refractivity contribution is -0.450. The van der Waals surface area contributed by atoms with Gasteiger partial charge in [-0.25, -0.2) is 4.79 Å². The van der Waals surface area contributed by atoms with Crippen LogP contribution in [0.3, 0.4) is 0 Å². The minimum atomic E-state index is -8.44. The van der Waals surface area contributed by atoms with Crippen LogP contribution in [0.25, 0.3) is 0 Å². The van der Waals surface area contributed by atoms with Gasteiger partial charge in [-0.3, -0.25) is 0 Å². The first kappa shape index (κ1) is 30.4. The Kier molecular flexibility index (Phi) is 8.51. The Morgan fingerprint density at radius 2 is 0.969 bits per heavy atom. The fourth-order valence-corrected chi connectivity index (χ4v) is 1.99. The SMILES string of the molecule is CCN(CC)CCOC(=O)C(F)(F)C(F)(F)C(F)(F)C(F)(F)C(F)(F)C(F)(F)C(F)(F)F. The maximum Gasteiger partial charge on any atom is 0.460 e. The number of hydrogen-bond donors (Lipinski definition) is 0. The Balaban J connectivity index is 6.12. The van der Waals surface area contributed by atoms with Gasteiger partial charge in [0.05, 0.1) is 0 Å². The van der Waals surface area contributed by atoms with Crippen LogP contribution < -0.4 is 0 Å². The molecule has 0 aromatic heterocycles. The number of carbonyl (C=O) groups is 1. The summed E-state index contributed by atoms with van der Waals surface area (Å²) < 4.78 is 198. The number of hydrogen-bond acceptors (Lipinski definition) is 3. The second kappa shape index (κ2) is 8.96. The highest BCUT2D eigenvalue weighted by atomic mass is 19.4. The fourth-order valence-electron chi connectivity index (χ4n) is 1.99. The maximum absolute atomic E-state index is 13.5. The summed E-state index contributed by atoms with van der Waals surface area (Å²) in [4.78, 5) is 12.4. The lowest BCUT2D eigenvalue weighted by atomic mass is 9.91. The first-order valence-corrected chi connectivity index (χ1v) is 8.14. The highest BCUT2D eigenvalue weighted by molar-refractivity contribution is 5.79. The summed E-state index contributed by atoms with van der Waals surface area (Å²) in [7, 11) is 0. The Bertz CT molecular complexity index is 655. The normalized spacial score (nSPS) is 15.3. The van der Waals surface area contributed by atoms with E-state index in [1.165, 1.54) is 18.7 Å². The fraction of sp³-hybridized carbons (Fsp3) is 0.929. The molecule has 32 heavy (non-hydrogen) atoms. The lowest BCUT2D eigenvalue weighted by Gasteiger charge is -2.40. The molecule has 0 radical (unpaired) electrons. The Hall–Kier alpha value is -1.62. The van der Waals surface area contributed by atoms with Gasteiger partial charge in [0.1, 0.15) is 6.61 Å². The standard InChI is InChI=1S/C14H14F15NO2/c1-3-30(4-2)5-6-32-7(31)8(15,16)9(17,18)10(19,20)11(21,22)12(23,24)13(25,26)14(27,28)29/h3-6H2,1-2H3.